The summed E-state index contributed by atoms with van der Waals surface area (Å²) in [6.45, 7) is 5.82. The third kappa shape index (κ3) is 3.28. The molecule has 0 unspecified atom stereocenters. The number of esters is 1. The molecule has 2 heterocycles. The molecule has 1 aromatic carbocycles. The van der Waals surface area contributed by atoms with Crippen LogP contribution in [-0.4, -0.2) is 52.0 Å². The number of nitrogens with zero attached hydrogens (tertiary/aromatic N) is 3. The zero-order valence-corrected chi connectivity index (χ0v) is 14.2. The van der Waals surface area contributed by atoms with Crippen LogP contribution in [0.4, 0.5) is 4.79 Å². The Hall–Kier alpha value is -3.03. The van der Waals surface area contributed by atoms with Gasteiger partial charge in [0.05, 0.1) is 28.0 Å². The van der Waals surface area contributed by atoms with Gasteiger partial charge in [0.15, 0.2) is 6.10 Å². The van der Waals surface area contributed by atoms with E-state index >= 15 is 0 Å². The normalized spacial score (nSPS) is 15.2. The molecule has 0 spiro atoms. The highest BCUT2D eigenvalue weighted by molar-refractivity contribution is 6.00. The number of ether oxygens (including phenoxy) is 1. The monoisotopic (exact) mass is 342 g/mol. The number of hydrogen-bond acceptors (Lipinski definition) is 6. The lowest BCUT2D eigenvalue weighted by molar-refractivity contribution is -0.136. The summed E-state index contributed by atoms with van der Waals surface area (Å²) in [5, 5.41) is 2.53. The van der Waals surface area contributed by atoms with Gasteiger partial charge in [-0.15, -0.1) is 0 Å². The zero-order chi connectivity index (χ0) is 18.1. The molecule has 1 atom stereocenters. The van der Waals surface area contributed by atoms with E-state index in [0.717, 1.165) is 16.3 Å². The first-order valence-corrected chi connectivity index (χ1v) is 7.92. The van der Waals surface area contributed by atoms with Crippen molar-refractivity contribution >= 4 is 28.9 Å². The van der Waals surface area contributed by atoms with E-state index in [2.05, 4.69) is 15.3 Å². The van der Waals surface area contributed by atoms with Crippen LogP contribution < -0.4 is 5.32 Å². The topological polar surface area (TPSA) is 101 Å². The molecule has 8 heteroatoms. The van der Waals surface area contributed by atoms with Crippen LogP contribution in [0.1, 0.15) is 28.7 Å². The molecule has 1 saturated heterocycles. The number of benzene rings is 1. The lowest BCUT2D eigenvalue weighted by Gasteiger charge is -2.18. The number of hydrogen-bond donors (Lipinski definition) is 1. The van der Waals surface area contributed by atoms with E-state index in [4.69, 9.17) is 4.74 Å². The standard InChI is InChI=1S/C17H18N4O4/c1-9-10(2)20-14-8-12(4-5-13(14)19-9)16(23)25-11(3)15(22)21-7-6-18-17(21)24/h4-5,8,11H,6-7H2,1-3H3,(H,18,24)/t11-/m0/s1. The number of imide groups is 1. The van der Waals surface area contributed by atoms with Gasteiger partial charge in [-0.1, -0.05) is 0 Å². The molecule has 3 rings (SSSR count). The number of carbonyl (C=O) groups excluding carboxylic acids is 3. The maximum Gasteiger partial charge on any atom is 0.338 e. The summed E-state index contributed by atoms with van der Waals surface area (Å²) in [6.07, 6.45) is -1.06. The van der Waals surface area contributed by atoms with Crippen molar-refractivity contribution in [1.82, 2.24) is 20.2 Å². The second kappa shape index (κ2) is 6.46. The Bertz CT molecular complexity index is 880. The molecule has 3 amide bonds. The van der Waals surface area contributed by atoms with Crippen LogP contribution in [0.25, 0.3) is 11.0 Å². The van der Waals surface area contributed by atoms with Gasteiger partial charge in [-0.05, 0) is 39.0 Å². The molecule has 0 aliphatic carbocycles. The van der Waals surface area contributed by atoms with Gasteiger partial charge in [-0.2, -0.15) is 0 Å². The van der Waals surface area contributed by atoms with Crippen LogP contribution in [0.15, 0.2) is 18.2 Å². The van der Waals surface area contributed by atoms with E-state index < -0.39 is 24.0 Å². The van der Waals surface area contributed by atoms with E-state index in [-0.39, 0.29) is 12.1 Å². The minimum atomic E-state index is -1.06. The van der Waals surface area contributed by atoms with Gasteiger partial charge >= 0.3 is 12.0 Å². The van der Waals surface area contributed by atoms with E-state index in [9.17, 15) is 14.4 Å². The Morgan fingerprint density at radius 2 is 1.88 bits per heavy atom. The van der Waals surface area contributed by atoms with Crippen LogP contribution >= 0.6 is 0 Å². The number of aromatic nitrogens is 2. The average Bonchev–Trinajstić information content (AvgIpc) is 3.00. The highest BCUT2D eigenvalue weighted by atomic mass is 16.5. The summed E-state index contributed by atoms with van der Waals surface area (Å²) in [6, 6.07) is 4.37. The molecule has 0 saturated carbocycles. The van der Waals surface area contributed by atoms with Crippen molar-refractivity contribution in [3.8, 4) is 0 Å². The Morgan fingerprint density at radius 1 is 1.20 bits per heavy atom. The predicted molar refractivity (Wildman–Crippen MR) is 89.0 cm³/mol. The van der Waals surface area contributed by atoms with Crippen molar-refractivity contribution in [2.75, 3.05) is 13.1 Å². The van der Waals surface area contributed by atoms with E-state index in [1.807, 2.05) is 13.8 Å². The number of fused-ring (bicyclic) bond motifs is 1. The first-order valence-electron chi connectivity index (χ1n) is 7.92. The van der Waals surface area contributed by atoms with E-state index in [1.165, 1.54) is 6.92 Å². The molecular weight excluding hydrogens is 324 g/mol. The van der Waals surface area contributed by atoms with E-state index in [0.29, 0.717) is 17.6 Å². The molecule has 25 heavy (non-hydrogen) atoms. The molecule has 1 N–H and O–H groups in total. The van der Waals surface area contributed by atoms with E-state index in [1.54, 1.807) is 18.2 Å². The first-order chi connectivity index (χ1) is 11.9. The smallest absolute Gasteiger partial charge is 0.338 e. The van der Waals surface area contributed by atoms with Gasteiger partial charge in [-0.25, -0.2) is 19.6 Å². The molecule has 1 fully saturated rings. The molecule has 1 aliphatic heterocycles. The van der Waals surface area contributed by atoms with Crippen molar-refractivity contribution in [3.63, 3.8) is 0 Å². The Morgan fingerprint density at radius 3 is 2.52 bits per heavy atom. The second-order valence-corrected chi connectivity index (χ2v) is 5.87. The maximum atomic E-state index is 12.3. The van der Waals surface area contributed by atoms with Gasteiger partial charge in [0.1, 0.15) is 0 Å². The highest BCUT2D eigenvalue weighted by Gasteiger charge is 2.31. The Kier molecular flexibility index (Phi) is 4.35. The number of rotatable bonds is 3. The van der Waals surface area contributed by atoms with Crippen LogP contribution in [0.3, 0.4) is 0 Å². The summed E-state index contributed by atoms with van der Waals surface area (Å²) >= 11 is 0. The Balaban J connectivity index is 1.76. The quantitative estimate of drug-likeness (QED) is 0.845. The summed E-state index contributed by atoms with van der Waals surface area (Å²) in [4.78, 5) is 45.9. The molecule has 0 radical (unpaired) electrons. The number of carbonyl (C=O) groups is 3. The van der Waals surface area contributed by atoms with Crippen molar-refractivity contribution in [2.24, 2.45) is 0 Å². The minimum absolute atomic E-state index is 0.268. The van der Waals surface area contributed by atoms with Gasteiger partial charge in [0, 0.05) is 13.1 Å². The van der Waals surface area contributed by atoms with Crippen LogP contribution in [0, 0.1) is 13.8 Å². The first kappa shape index (κ1) is 16.8. The molecule has 130 valence electrons. The summed E-state index contributed by atoms with van der Waals surface area (Å²) in [7, 11) is 0. The molecule has 2 aromatic rings. The fourth-order valence-corrected chi connectivity index (χ4v) is 2.54. The van der Waals surface area contributed by atoms with Gasteiger partial charge in [-0.3, -0.25) is 9.69 Å². The van der Waals surface area contributed by atoms with Gasteiger partial charge < -0.3 is 10.1 Å². The van der Waals surface area contributed by atoms with Crippen molar-refractivity contribution < 1.29 is 19.1 Å². The third-order valence-electron chi connectivity index (χ3n) is 4.07. The zero-order valence-electron chi connectivity index (χ0n) is 14.2. The van der Waals surface area contributed by atoms with Crippen molar-refractivity contribution in [1.29, 1.82) is 0 Å². The van der Waals surface area contributed by atoms with Crippen molar-refractivity contribution in [3.05, 3.63) is 35.2 Å². The van der Waals surface area contributed by atoms with Crippen molar-refractivity contribution in [2.45, 2.75) is 26.9 Å². The summed E-state index contributed by atoms with van der Waals surface area (Å²) < 4.78 is 5.20. The maximum absolute atomic E-state index is 12.3. The lowest BCUT2D eigenvalue weighted by atomic mass is 10.2. The number of urea groups is 1. The summed E-state index contributed by atoms with van der Waals surface area (Å²) in [5.41, 5.74) is 3.14. The molecule has 1 aromatic heterocycles. The SMILES string of the molecule is Cc1nc2ccc(C(=O)O[C@@H](C)C(=O)N3CCNC3=O)cc2nc1C. The molecule has 8 nitrogen and oxygen atoms in total. The third-order valence-corrected chi connectivity index (χ3v) is 4.07. The lowest BCUT2D eigenvalue weighted by Crippen LogP contribution is -2.41. The minimum Gasteiger partial charge on any atom is -0.449 e. The molecular formula is C17H18N4O4. The average molecular weight is 342 g/mol. The summed E-state index contributed by atoms with van der Waals surface area (Å²) in [5.74, 6) is -1.20. The predicted octanol–water partition coefficient (Wildman–Crippen LogP) is 1.34. The van der Waals surface area contributed by atoms with Crippen LogP contribution in [0.5, 0.6) is 0 Å². The number of amides is 3. The number of aryl methyl sites for hydroxylation is 2. The second-order valence-electron chi connectivity index (χ2n) is 5.87. The van der Waals surface area contributed by atoms with Gasteiger partial charge in [0.25, 0.3) is 5.91 Å². The van der Waals surface area contributed by atoms with Crippen LogP contribution in [0.2, 0.25) is 0 Å². The molecule has 1 aliphatic rings. The van der Waals surface area contributed by atoms with Gasteiger partial charge in [0.2, 0.25) is 0 Å². The number of nitrogens with one attached hydrogen (secondary N) is 1. The fourth-order valence-electron chi connectivity index (χ4n) is 2.54. The molecule has 0 bridgehead atoms. The highest BCUT2D eigenvalue weighted by Crippen LogP contribution is 2.16. The largest absolute Gasteiger partial charge is 0.449 e. The van der Waals surface area contributed by atoms with Crippen LogP contribution in [-0.2, 0) is 9.53 Å². The fraction of sp³-hybridized carbons (Fsp3) is 0.353. The Labute approximate surface area is 144 Å².